The number of hydrogen-bond donors (Lipinski definition) is 2. The maximum atomic E-state index is 9.11. The zero-order valence-corrected chi connectivity index (χ0v) is 15.3. The number of nitrogens with zero attached hydrogens (tertiary/aromatic N) is 1. The Kier molecular flexibility index (Phi) is 6.53. The number of likely N-dealkylation sites (tertiary alicyclic amines) is 1. The van der Waals surface area contributed by atoms with Gasteiger partial charge in [-0.3, -0.25) is 0 Å². The average molecular weight is 326 g/mol. The van der Waals surface area contributed by atoms with Crippen LogP contribution in [0.1, 0.15) is 27.2 Å². The van der Waals surface area contributed by atoms with Gasteiger partial charge in [0.2, 0.25) is 0 Å². The Balaban J connectivity index is 1.82. The van der Waals surface area contributed by atoms with Gasteiger partial charge in [0.1, 0.15) is 0 Å². The highest BCUT2D eigenvalue weighted by Gasteiger charge is 2.43. The second kappa shape index (κ2) is 8.22. The predicted molar refractivity (Wildman–Crippen MR) is 103 cm³/mol. The Morgan fingerprint density at radius 3 is 2.42 bits per heavy atom. The Bertz CT molecular complexity index is 538. The second-order valence-corrected chi connectivity index (χ2v) is 7.20. The Morgan fingerprint density at radius 2 is 1.96 bits per heavy atom. The van der Waals surface area contributed by atoms with E-state index in [-0.39, 0.29) is 12.6 Å². The van der Waals surface area contributed by atoms with E-state index in [0.717, 1.165) is 25.2 Å². The highest BCUT2D eigenvalue weighted by molar-refractivity contribution is 6.14. The molecule has 3 nitrogen and oxygen atoms in total. The number of aliphatic hydroxyl groups excluding tert-OH is 1. The summed E-state index contributed by atoms with van der Waals surface area (Å²) in [6.07, 6.45) is 9.92. The first kappa shape index (κ1) is 19.1. The molecular weight excluding hydrogens is 295 g/mol. The lowest BCUT2D eigenvalue weighted by molar-refractivity contribution is 0.126. The van der Waals surface area contributed by atoms with Gasteiger partial charge in [-0.2, -0.15) is 0 Å². The number of allylic oxidation sites excluding steroid dienone is 6. The van der Waals surface area contributed by atoms with Crippen molar-refractivity contribution in [2.24, 2.45) is 23.5 Å². The summed E-state index contributed by atoms with van der Waals surface area (Å²) in [5.41, 5.74) is 9.38. The van der Waals surface area contributed by atoms with Crippen molar-refractivity contribution < 1.29 is 5.11 Å². The second-order valence-electron chi connectivity index (χ2n) is 7.20. The molecule has 1 heterocycles. The molecule has 4 unspecified atom stereocenters. The van der Waals surface area contributed by atoms with Gasteiger partial charge in [-0.05, 0) is 43.6 Å². The summed E-state index contributed by atoms with van der Waals surface area (Å²) in [5.74, 6) is 2.06. The minimum Gasteiger partial charge on any atom is -0.394 e. The van der Waals surface area contributed by atoms with E-state index in [1.165, 1.54) is 11.1 Å². The summed E-state index contributed by atoms with van der Waals surface area (Å²) in [7, 11) is 6.09. The third kappa shape index (κ3) is 4.23. The van der Waals surface area contributed by atoms with Crippen LogP contribution in [0.4, 0.5) is 0 Å². The van der Waals surface area contributed by atoms with Gasteiger partial charge in [0, 0.05) is 18.8 Å². The fourth-order valence-electron chi connectivity index (χ4n) is 3.51. The molecule has 1 aliphatic heterocycles. The molecule has 2 fully saturated rings. The van der Waals surface area contributed by atoms with Crippen molar-refractivity contribution in [2.75, 3.05) is 19.7 Å². The van der Waals surface area contributed by atoms with E-state index >= 15 is 0 Å². The maximum absolute atomic E-state index is 9.11. The van der Waals surface area contributed by atoms with Gasteiger partial charge in [-0.25, -0.2) is 0 Å². The van der Waals surface area contributed by atoms with Crippen LogP contribution in [0.15, 0.2) is 47.7 Å². The summed E-state index contributed by atoms with van der Waals surface area (Å²) in [4.78, 5) is 2.17. The van der Waals surface area contributed by atoms with Gasteiger partial charge in [0.05, 0.1) is 20.5 Å². The lowest BCUT2D eigenvalue weighted by Gasteiger charge is -2.43. The van der Waals surface area contributed by atoms with Gasteiger partial charge >= 0.3 is 0 Å². The molecule has 1 saturated heterocycles. The molecule has 0 aromatic rings. The van der Waals surface area contributed by atoms with Gasteiger partial charge in [0.25, 0.3) is 0 Å². The Labute approximate surface area is 148 Å². The third-order valence-electron chi connectivity index (χ3n) is 5.54. The van der Waals surface area contributed by atoms with Crippen molar-refractivity contribution in [2.45, 2.75) is 39.1 Å². The fraction of sp³-hybridized carbons (Fsp3) is 0.600. The molecule has 0 bridgehead atoms. The maximum Gasteiger partial charge on any atom is 0.0711 e. The van der Waals surface area contributed by atoms with E-state index in [1.807, 2.05) is 0 Å². The predicted octanol–water partition coefficient (Wildman–Crippen LogP) is 2.81. The van der Waals surface area contributed by atoms with E-state index in [2.05, 4.69) is 56.6 Å². The first-order valence-corrected chi connectivity index (χ1v) is 8.98. The lowest BCUT2D eigenvalue weighted by Crippen LogP contribution is -2.50. The molecule has 4 atom stereocenters. The van der Waals surface area contributed by atoms with Crippen LogP contribution in [-0.4, -0.2) is 43.6 Å². The molecule has 130 valence electrons. The molecule has 0 aromatic carbocycles. The molecule has 0 spiro atoms. The standard InChI is InChI=1S/C20H31BN2O/c1-5-15(7-8-17(6-2)19-13(3)20(19)21)9-16-10-23(11-16)14(4)18(22)12-24/h5-8,13,16,18-20,24H,4,9-12,22H2,1-3H3/b8-7-,15-5-,17-6+. The summed E-state index contributed by atoms with van der Waals surface area (Å²) < 4.78 is 0. The average Bonchev–Trinajstić information content (AvgIpc) is 3.14. The van der Waals surface area contributed by atoms with E-state index in [1.54, 1.807) is 0 Å². The molecule has 24 heavy (non-hydrogen) atoms. The van der Waals surface area contributed by atoms with E-state index in [0.29, 0.717) is 23.6 Å². The van der Waals surface area contributed by atoms with Crippen LogP contribution < -0.4 is 5.73 Å². The minimum absolute atomic E-state index is 0.0449. The monoisotopic (exact) mass is 326 g/mol. The highest BCUT2D eigenvalue weighted by atomic mass is 16.3. The first-order chi connectivity index (χ1) is 11.4. The number of nitrogens with two attached hydrogens (primary N) is 1. The zero-order chi connectivity index (χ0) is 17.9. The van der Waals surface area contributed by atoms with E-state index in [9.17, 15) is 0 Å². The molecule has 1 saturated carbocycles. The van der Waals surface area contributed by atoms with Crippen LogP contribution in [0.3, 0.4) is 0 Å². The van der Waals surface area contributed by atoms with Crippen molar-refractivity contribution in [3.63, 3.8) is 0 Å². The molecule has 0 amide bonds. The Hall–Kier alpha value is -1.26. The molecule has 2 radical (unpaired) electrons. The summed E-state index contributed by atoms with van der Waals surface area (Å²) >= 11 is 0. The van der Waals surface area contributed by atoms with Crippen molar-refractivity contribution >= 4 is 7.85 Å². The summed E-state index contributed by atoms with van der Waals surface area (Å²) in [5, 5.41) is 9.11. The summed E-state index contributed by atoms with van der Waals surface area (Å²) in [6, 6.07) is -0.339. The van der Waals surface area contributed by atoms with Gasteiger partial charge in [0.15, 0.2) is 0 Å². The van der Waals surface area contributed by atoms with Gasteiger partial charge in [-0.15, -0.1) is 0 Å². The van der Waals surface area contributed by atoms with Gasteiger partial charge < -0.3 is 15.7 Å². The number of rotatable bonds is 8. The van der Waals surface area contributed by atoms with Crippen LogP contribution in [-0.2, 0) is 0 Å². The Morgan fingerprint density at radius 1 is 1.33 bits per heavy atom. The molecule has 2 aliphatic rings. The first-order valence-electron chi connectivity index (χ1n) is 8.98. The molecule has 4 heteroatoms. The van der Waals surface area contributed by atoms with Crippen LogP contribution in [0.5, 0.6) is 0 Å². The largest absolute Gasteiger partial charge is 0.394 e. The van der Waals surface area contributed by atoms with Crippen LogP contribution >= 0.6 is 0 Å². The normalized spacial score (nSPS) is 29.7. The molecule has 3 N–H and O–H groups in total. The fourth-order valence-corrected chi connectivity index (χ4v) is 3.51. The minimum atomic E-state index is -0.339. The zero-order valence-electron chi connectivity index (χ0n) is 15.3. The SMILES string of the molecule is [B]C1C(C)C1C(/C=C\C(=C\C)CC1CN(C(=C)C(N)CO)C1)=C/C. The molecular formula is C20H31BN2O. The smallest absolute Gasteiger partial charge is 0.0711 e. The van der Waals surface area contributed by atoms with E-state index in [4.69, 9.17) is 18.7 Å². The van der Waals surface area contributed by atoms with Crippen LogP contribution in [0.25, 0.3) is 0 Å². The molecule has 0 aromatic heterocycles. The lowest BCUT2D eigenvalue weighted by atomic mass is 9.90. The summed E-state index contributed by atoms with van der Waals surface area (Å²) in [6.45, 7) is 12.3. The number of aliphatic hydroxyl groups is 1. The van der Waals surface area contributed by atoms with Crippen LogP contribution in [0.2, 0.25) is 5.82 Å². The van der Waals surface area contributed by atoms with Gasteiger partial charge in [-0.1, -0.05) is 49.2 Å². The number of hydrogen-bond acceptors (Lipinski definition) is 3. The van der Waals surface area contributed by atoms with Crippen molar-refractivity contribution in [3.8, 4) is 0 Å². The highest BCUT2D eigenvalue weighted by Crippen LogP contribution is 2.54. The van der Waals surface area contributed by atoms with Crippen LogP contribution in [0, 0.1) is 17.8 Å². The third-order valence-corrected chi connectivity index (χ3v) is 5.54. The van der Waals surface area contributed by atoms with Crippen molar-refractivity contribution in [1.82, 2.24) is 4.90 Å². The van der Waals surface area contributed by atoms with E-state index < -0.39 is 0 Å². The van der Waals surface area contributed by atoms with Crippen molar-refractivity contribution in [3.05, 3.63) is 47.7 Å². The van der Waals surface area contributed by atoms with Crippen molar-refractivity contribution in [1.29, 1.82) is 0 Å². The quantitative estimate of drug-likeness (QED) is 0.533. The molecule has 2 rings (SSSR count). The molecule has 1 aliphatic carbocycles. The topological polar surface area (TPSA) is 49.5 Å².